The van der Waals surface area contributed by atoms with Crippen LogP contribution in [0.3, 0.4) is 0 Å². The summed E-state index contributed by atoms with van der Waals surface area (Å²) in [5.41, 5.74) is 0.569. The normalized spacial score (nSPS) is 11.3. The molecule has 0 aliphatic heterocycles. The molecule has 0 saturated heterocycles. The Morgan fingerprint density at radius 1 is 1.26 bits per heavy atom. The Morgan fingerprint density at radius 2 is 2.04 bits per heavy atom. The van der Waals surface area contributed by atoms with Gasteiger partial charge in [0.25, 0.3) is 5.69 Å². The minimum Gasteiger partial charge on any atom is -0.376 e. The quantitative estimate of drug-likeness (QED) is 0.485. The van der Waals surface area contributed by atoms with Crippen molar-refractivity contribution in [2.24, 2.45) is 0 Å². The molecule has 11 heteroatoms. The summed E-state index contributed by atoms with van der Waals surface area (Å²) < 4.78 is 28.7. The zero-order chi connectivity index (χ0) is 19.6. The Kier molecular flexibility index (Phi) is 5.10. The van der Waals surface area contributed by atoms with E-state index in [0.717, 1.165) is 12.3 Å². The van der Waals surface area contributed by atoms with Crippen LogP contribution < -0.4 is 5.32 Å². The van der Waals surface area contributed by atoms with Crippen LogP contribution in [-0.4, -0.2) is 29.7 Å². The van der Waals surface area contributed by atoms with E-state index in [4.69, 9.17) is 16.1 Å². The molecular formula is C16H13ClN4O5S. The first-order valence-electron chi connectivity index (χ1n) is 7.55. The molecule has 3 rings (SSSR count). The van der Waals surface area contributed by atoms with Crippen LogP contribution in [0.4, 0.5) is 11.4 Å². The highest BCUT2D eigenvalue weighted by Gasteiger charge is 2.22. The van der Waals surface area contributed by atoms with Gasteiger partial charge in [-0.2, -0.15) is 4.98 Å². The molecule has 9 nitrogen and oxygen atoms in total. The predicted molar refractivity (Wildman–Crippen MR) is 98.3 cm³/mol. The Labute approximate surface area is 159 Å². The summed E-state index contributed by atoms with van der Waals surface area (Å²) in [6.45, 7) is 0.106. The molecule has 0 saturated carbocycles. The molecule has 1 N–H and O–H groups in total. The van der Waals surface area contributed by atoms with Crippen molar-refractivity contribution < 1.29 is 17.9 Å². The van der Waals surface area contributed by atoms with Gasteiger partial charge >= 0.3 is 0 Å². The molecule has 0 unspecified atom stereocenters. The number of nitrogens with one attached hydrogen (secondary N) is 1. The van der Waals surface area contributed by atoms with Gasteiger partial charge in [0.1, 0.15) is 4.90 Å². The number of rotatable bonds is 6. The van der Waals surface area contributed by atoms with E-state index < -0.39 is 20.4 Å². The van der Waals surface area contributed by atoms with Crippen molar-refractivity contribution in [2.45, 2.75) is 11.4 Å². The molecule has 0 radical (unpaired) electrons. The second kappa shape index (κ2) is 7.33. The van der Waals surface area contributed by atoms with Crippen molar-refractivity contribution in [3.63, 3.8) is 0 Å². The maximum absolute atomic E-state index is 11.8. The van der Waals surface area contributed by atoms with Gasteiger partial charge in [-0.05, 0) is 24.3 Å². The zero-order valence-corrected chi connectivity index (χ0v) is 15.5. The highest BCUT2D eigenvalue weighted by molar-refractivity contribution is 7.90. The highest BCUT2D eigenvalue weighted by atomic mass is 35.5. The topological polar surface area (TPSA) is 128 Å². The van der Waals surface area contributed by atoms with E-state index in [0.29, 0.717) is 22.1 Å². The first kappa shape index (κ1) is 18.8. The average Bonchev–Trinajstić information content (AvgIpc) is 3.08. The number of benzene rings is 2. The van der Waals surface area contributed by atoms with Gasteiger partial charge < -0.3 is 9.84 Å². The molecule has 1 heterocycles. The predicted octanol–water partition coefficient (Wildman–Crippen LogP) is 3.31. The number of aromatic nitrogens is 2. The number of anilines is 1. The third kappa shape index (κ3) is 4.41. The van der Waals surface area contributed by atoms with Crippen molar-refractivity contribution in [2.75, 3.05) is 11.6 Å². The third-order valence-corrected chi connectivity index (χ3v) is 4.91. The van der Waals surface area contributed by atoms with Crippen LogP contribution in [0.1, 0.15) is 5.89 Å². The second-order valence-electron chi connectivity index (χ2n) is 5.59. The monoisotopic (exact) mass is 408 g/mol. The van der Waals surface area contributed by atoms with Crippen molar-refractivity contribution in [3.05, 3.63) is 63.5 Å². The minimum absolute atomic E-state index is 0.106. The summed E-state index contributed by atoms with van der Waals surface area (Å²) in [6, 6.07) is 10.7. The van der Waals surface area contributed by atoms with E-state index >= 15 is 0 Å². The summed E-state index contributed by atoms with van der Waals surface area (Å²) in [6.07, 6.45) is 0.911. The first-order chi connectivity index (χ1) is 12.7. The molecule has 140 valence electrons. The third-order valence-electron chi connectivity index (χ3n) is 3.55. The Morgan fingerprint density at radius 3 is 2.70 bits per heavy atom. The van der Waals surface area contributed by atoms with E-state index in [-0.39, 0.29) is 17.3 Å². The number of hydrogen-bond acceptors (Lipinski definition) is 8. The molecule has 0 atom stereocenters. The van der Waals surface area contributed by atoms with Gasteiger partial charge in [-0.3, -0.25) is 10.1 Å². The summed E-state index contributed by atoms with van der Waals surface area (Å²) in [5.74, 6) is 0.610. The van der Waals surface area contributed by atoms with Crippen LogP contribution >= 0.6 is 11.6 Å². The minimum atomic E-state index is -3.77. The lowest BCUT2D eigenvalue weighted by atomic mass is 10.2. The number of nitro groups is 1. The number of sulfone groups is 1. The zero-order valence-electron chi connectivity index (χ0n) is 13.9. The lowest BCUT2D eigenvalue weighted by Crippen LogP contribution is -2.05. The van der Waals surface area contributed by atoms with Crippen LogP contribution in [0.2, 0.25) is 5.02 Å². The summed E-state index contributed by atoms with van der Waals surface area (Å²) >= 11 is 5.93. The van der Waals surface area contributed by atoms with Crippen LogP contribution in [0.15, 0.2) is 51.9 Å². The van der Waals surface area contributed by atoms with Gasteiger partial charge in [0.2, 0.25) is 11.7 Å². The Bertz CT molecular complexity index is 1110. The van der Waals surface area contributed by atoms with Gasteiger partial charge in [0.15, 0.2) is 9.84 Å². The van der Waals surface area contributed by atoms with E-state index in [2.05, 4.69) is 15.5 Å². The molecular weight excluding hydrogens is 396 g/mol. The van der Waals surface area contributed by atoms with E-state index in [1.807, 2.05) is 0 Å². The van der Waals surface area contributed by atoms with Crippen LogP contribution in [0.5, 0.6) is 0 Å². The standard InChI is InChI=1S/C16H13ClN4O5S/c1-27(24,25)14-8-12(5-6-13(14)21(22)23)18-9-15-19-16(20-26-15)10-3-2-4-11(17)7-10/h2-8,18H,9H2,1H3. The molecule has 2 aromatic carbocycles. The average molecular weight is 409 g/mol. The first-order valence-corrected chi connectivity index (χ1v) is 9.82. The van der Waals surface area contributed by atoms with Gasteiger partial charge in [-0.25, -0.2) is 8.42 Å². The van der Waals surface area contributed by atoms with Gasteiger partial charge in [-0.15, -0.1) is 0 Å². The molecule has 0 bridgehead atoms. The number of nitrogens with zero attached hydrogens (tertiary/aromatic N) is 3. The highest BCUT2D eigenvalue weighted by Crippen LogP contribution is 2.27. The van der Waals surface area contributed by atoms with Crippen LogP contribution in [0, 0.1) is 10.1 Å². The Balaban J connectivity index is 1.79. The van der Waals surface area contributed by atoms with Crippen molar-refractivity contribution >= 4 is 32.8 Å². The van der Waals surface area contributed by atoms with Gasteiger partial charge in [-0.1, -0.05) is 28.9 Å². The number of halogens is 1. The van der Waals surface area contributed by atoms with E-state index in [1.165, 1.54) is 12.1 Å². The van der Waals surface area contributed by atoms with Gasteiger partial charge in [0.05, 0.1) is 11.5 Å². The fraction of sp³-hybridized carbons (Fsp3) is 0.125. The molecule has 27 heavy (non-hydrogen) atoms. The largest absolute Gasteiger partial charge is 0.376 e. The van der Waals surface area contributed by atoms with Crippen molar-refractivity contribution in [3.8, 4) is 11.4 Å². The van der Waals surface area contributed by atoms with E-state index in [1.54, 1.807) is 24.3 Å². The summed E-state index contributed by atoms with van der Waals surface area (Å²) in [7, 11) is -3.77. The van der Waals surface area contributed by atoms with Crippen molar-refractivity contribution in [1.82, 2.24) is 10.1 Å². The molecule has 0 aliphatic rings. The number of hydrogen-bond donors (Lipinski definition) is 1. The molecule has 0 fully saturated rings. The molecule has 3 aromatic rings. The number of nitro benzene ring substituents is 1. The summed E-state index contributed by atoms with van der Waals surface area (Å²) in [4.78, 5) is 14.1. The molecule has 0 aliphatic carbocycles. The second-order valence-corrected chi connectivity index (χ2v) is 8.01. The molecule has 0 spiro atoms. The van der Waals surface area contributed by atoms with Crippen LogP contribution in [0.25, 0.3) is 11.4 Å². The fourth-order valence-electron chi connectivity index (χ4n) is 2.32. The smallest absolute Gasteiger partial charge is 0.288 e. The Hall–Kier alpha value is -2.98. The SMILES string of the molecule is CS(=O)(=O)c1cc(NCc2nc(-c3cccc(Cl)c3)no2)ccc1[N+](=O)[O-]. The molecule has 1 aromatic heterocycles. The lowest BCUT2D eigenvalue weighted by molar-refractivity contribution is -0.387. The van der Waals surface area contributed by atoms with Crippen molar-refractivity contribution in [1.29, 1.82) is 0 Å². The van der Waals surface area contributed by atoms with E-state index in [9.17, 15) is 18.5 Å². The molecule has 0 amide bonds. The van der Waals surface area contributed by atoms with Gasteiger partial charge in [0, 0.05) is 28.6 Å². The van der Waals surface area contributed by atoms with Crippen LogP contribution in [-0.2, 0) is 16.4 Å². The maximum Gasteiger partial charge on any atom is 0.288 e. The summed E-state index contributed by atoms with van der Waals surface area (Å²) in [5, 5.41) is 18.3. The maximum atomic E-state index is 11.8. The lowest BCUT2D eigenvalue weighted by Gasteiger charge is -2.06. The fourth-order valence-corrected chi connectivity index (χ4v) is 3.37.